The third-order valence-electron chi connectivity index (χ3n) is 5.01. The van der Waals surface area contributed by atoms with Gasteiger partial charge in [0.2, 0.25) is 0 Å². The summed E-state index contributed by atoms with van der Waals surface area (Å²) < 4.78 is 0. The van der Waals surface area contributed by atoms with Crippen LogP contribution in [0.5, 0.6) is 0 Å². The molecule has 0 bridgehead atoms. The highest BCUT2D eigenvalue weighted by Gasteiger charge is 2.15. The van der Waals surface area contributed by atoms with Crippen LogP contribution in [-0.4, -0.2) is 0 Å². The van der Waals surface area contributed by atoms with Crippen LogP contribution in [0.4, 0.5) is 0 Å². The molecule has 0 fully saturated rings. The molecule has 0 aromatic heterocycles. The molecular weight excluding hydrogens is 276 g/mol. The van der Waals surface area contributed by atoms with Gasteiger partial charge >= 0.3 is 0 Å². The summed E-state index contributed by atoms with van der Waals surface area (Å²) in [7, 11) is 0. The van der Waals surface area contributed by atoms with Crippen molar-refractivity contribution in [3.8, 4) is 22.3 Å². The van der Waals surface area contributed by atoms with E-state index in [1.165, 1.54) is 41.5 Å². The van der Waals surface area contributed by atoms with Gasteiger partial charge < -0.3 is 0 Å². The van der Waals surface area contributed by atoms with Crippen molar-refractivity contribution in [3.05, 3.63) is 83.9 Å². The molecule has 0 radical (unpaired) electrons. The van der Waals surface area contributed by atoms with Gasteiger partial charge in [0.05, 0.1) is 0 Å². The van der Waals surface area contributed by atoms with Gasteiger partial charge in [0.25, 0.3) is 0 Å². The van der Waals surface area contributed by atoms with Crippen LogP contribution in [0.15, 0.2) is 72.8 Å². The summed E-state index contributed by atoms with van der Waals surface area (Å²) >= 11 is 0. The Morgan fingerprint density at radius 2 is 1.26 bits per heavy atom. The van der Waals surface area contributed by atoms with E-state index in [0.717, 1.165) is 5.92 Å². The number of rotatable bonds is 2. The number of aryl methyl sites for hydroxylation is 1. The van der Waals surface area contributed by atoms with Gasteiger partial charge in [0, 0.05) is 0 Å². The van der Waals surface area contributed by atoms with Crippen LogP contribution in [0.3, 0.4) is 0 Å². The number of fused-ring (bicyclic) bond motifs is 1. The lowest BCUT2D eigenvalue weighted by molar-refractivity contribution is 0.501. The van der Waals surface area contributed by atoms with Crippen LogP contribution < -0.4 is 0 Å². The third kappa shape index (κ3) is 2.94. The predicted octanol–water partition coefficient (Wildman–Crippen LogP) is 6.15. The molecule has 0 saturated carbocycles. The van der Waals surface area contributed by atoms with E-state index in [9.17, 15) is 0 Å². The molecule has 3 aromatic carbocycles. The van der Waals surface area contributed by atoms with Crippen molar-refractivity contribution in [2.24, 2.45) is 5.92 Å². The molecule has 4 rings (SSSR count). The lowest BCUT2D eigenvalue weighted by Crippen LogP contribution is -2.11. The third-order valence-corrected chi connectivity index (χ3v) is 5.01. The summed E-state index contributed by atoms with van der Waals surface area (Å²) in [4.78, 5) is 0. The van der Waals surface area contributed by atoms with Gasteiger partial charge in [-0.25, -0.2) is 0 Å². The van der Waals surface area contributed by atoms with Gasteiger partial charge in [-0.15, -0.1) is 0 Å². The Bertz CT molecular complexity index is 797. The molecule has 1 aliphatic carbocycles. The summed E-state index contributed by atoms with van der Waals surface area (Å²) in [5.74, 6) is 0.832. The van der Waals surface area contributed by atoms with E-state index in [0.29, 0.717) is 0 Å². The van der Waals surface area contributed by atoms with E-state index < -0.39 is 0 Å². The molecule has 114 valence electrons. The van der Waals surface area contributed by atoms with Crippen molar-refractivity contribution in [2.45, 2.75) is 26.2 Å². The van der Waals surface area contributed by atoms with E-state index in [1.807, 2.05) is 0 Å². The van der Waals surface area contributed by atoms with Crippen LogP contribution in [0, 0.1) is 5.92 Å². The SMILES string of the molecule is CC1CCc2cc(-c3ccc(-c4ccccc4)cc3)ccc2C1. The first-order valence-corrected chi connectivity index (χ1v) is 8.57. The Hall–Kier alpha value is -2.34. The lowest BCUT2D eigenvalue weighted by atomic mass is 9.83. The van der Waals surface area contributed by atoms with Crippen molar-refractivity contribution in [2.75, 3.05) is 0 Å². The van der Waals surface area contributed by atoms with Crippen molar-refractivity contribution < 1.29 is 0 Å². The summed E-state index contributed by atoms with van der Waals surface area (Å²) in [5.41, 5.74) is 8.31. The largest absolute Gasteiger partial charge is 0.0622 e. The molecule has 0 saturated heterocycles. The van der Waals surface area contributed by atoms with E-state index in [1.54, 1.807) is 11.1 Å². The van der Waals surface area contributed by atoms with Crippen molar-refractivity contribution in [3.63, 3.8) is 0 Å². The fourth-order valence-corrected chi connectivity index (χ4v) is 3.60. The summed E-state index contributed by atoms with van der Waals surface area (Å²) in [6.07, 6.45) is 3.79. The lowest BCUT2D eigenvalue weighted by Gasteiger charge is -2.22. The highest BCUT2D eigenvalue weighted by atomic mass is 14.2. The Kier molecular flexibility index (Phi) is 3.75. The fourth-order valence-electron chi connectivity index (χ4n) is 3.60. The second-order valence-electron chi connectivity index (χ2n) is 6.77. The average Bonchev–Trinajstić information content (AvgIpc) is 2.62. The zero-order valence-corrected chi connectivity index (χ0v) is 13.6. The summed E-state index contributed by atoms with van der Waals surface area (Å²) in [6.45, 7) is 2.36. The first-order valence-electron chi connectivity index (χ1n) is 8.57. The normalized spacial score (nSPS) is 16.8. The first-order chi connectivity index (χ1) is 11.3. The molecule has 0 heterocycles. The molecular formula is C23H22. The zero-order chi connectivity index (χ0) is 15.6. The monoisotopic (exact) mass is 298 g/mol. The molecule has 3 aromatic rings. The van der Waals surface area contributed by atoms with Crippen molar-refractivity contribution in [1.29, 1.82) is 0 Å². The Morgan fingerprint density at radius 1 is 0.652 bits per heavy atom. The van der Waals surface area contributed by atoms with E-state index in [4.69, 9.17) is 0 Å². The molecule has 1 unspecified atom stereocenters. The topological polar surface area (TPSA) is 0 Å². The predicted molar refractivity (Wildman–Crippen MR) is 98.5 cm³/mol. The second-order valence-corrected chi connectivity index (χ2v) is 6.77. The molecule has 0 nitrogen and oxygen atoms in total. The standard InChI is InChI=1S/C23H22/c1-17-7-8-23-16-22(14-13-21(23)15-17)20-11-9-19(10-12-20)18-5-3-2-4-6-18/h2-6,9-14,16-17H,7-8,15H2,1H3. The van der Waals surface area contributed by atoms with Crippen LogP contribution in [-0.2, 0) is 12.8 Å². The zero-order valence-electron chi connectivity index (χ0n) is 13.6. The molecule has 1 atom stereocenters. The maximum absolute atomic E-state index is 2.40. The van der Waals surface area contributed by atoms with Gasteiger partial charge in [-0.2, -0.15) is 0 Å². The molecule has 23 heavy (non-hydrogen) atoms. The van der Waals surface area contributed by atoms with Gasteiger partial charge in [0.15, 0.2) is 0 Å². The smallest absolute Gasteiger partial charge is 0.0181 e. The highest BCUT2D eigenvalue weighted by molar-refractivity contribution is 5.71. The van der Waals surface area contributed by atoms with Crippen LogP contribution in [0.2, 0.25) is 0 Å². The fraction of sp³-hybridized carbons (Fsp3) is 0.217. The number of benzene rings is 3. The van der Waals surface area contributed by atoms with Crippen molar-refractivity contribution >= 4 is 0 Å². The maximum Gasteiger partial charge on any atom is -0.0181 e. The Balaban J connectivity index is 1.64. The minimum absolute atomic E-state index is 0.832. The van der Waals surface area contributed by atoms with Crippen LogP contribution in [0.25, 0.3) is 22.3 Å². The maximum atomic E-state index is 2.40. The molecule has 0 heteroatoms. The van der Waals surface area contributed by atoms with Gasteiger partial charge in [-0.3, -0.25) is 0 Å². The summed E-state index contributed by atoms with van der Waals surface area (Å²) in [6, 6.07) is 26.5. The van der Waals surface area contributed by atoms with Gasteiger partial charge in [-0.05, 0) is 58.6 Å². The molecule has 0 N–H and O–H groups in total. The number of hydrogen-bond donors (Lipinski definition) is 0. The number of hydrogen-bond acceptors (Lipinski definition) is 0. The van der Waals surface area contributed by atoms with Gasteiger partial charge in [0.1, 0.15) is 0 Å². The van der Waals surface area contributed by atoms with E-state index >= 15 is 0 Å². The Labute approximate surface area is 138 Å². The Morgan fingerprint density at radius 3 is 2.00 bits per heavy atom. The van der Waals surface area contributed by atoms with E-state index in [-0.39, 0.29) is 0 Å². The van der Waals surface area contributed by atoms with Crippen molar-refractivity contribution in [1.82, 2.24) is 0 Å². The minimum Gasteiger partial charge on any atom is -0.0622 e. The van der Waals surface area contributed by atoms with Crippen LogP contribution >= 0.6 is 0 Å². The highest BCUT2D eigenvalue weighted by Crippen LogP contribution is 2.30. The van der Waals surface area contributed by atoms with Crippen LogP contribution in [0.1, 0.15) is 24.5 Å². The second kappa shape index (κ2) is 6.04. The molecule has 0 amide bonds. The van der Waals surface area contributed by atoms with E-state index in [2.05, 4.69) is 79.7 Å². The molecule has 0 aliphatic heterocycles. The minimum atomic E-state index is 0.832. The first kappa shape index (κ1) is 14.3. The molecule has 1 aliphatic rings. The quantitative estimate of drug-likeness (QED) is 0.532. The average molecular weight is 298 g/mol. The molecule has 0 spiro atoms. The van der Waals surface area contributed by atoms with Gasteiger partial charge in [-0.1, -0.05) is 79.7 Å². The summed E-state index contributed by atoms with van der Waals surface area (Å²) in [5, 5.41) is 0.